The van der Waals surface area contributed by atoms with Crippen molar-refractivity contribution in [1.29, 1.82) is 0 Å². The number of ether oxygens (including phenoxy) is 4. The second-order valence-electron chi connectivity index (χ2n) is 7.58. The lowest BCUT2D eigenvalue weighted by atomic mass is 9.79. The Kier molecular flexibility index (Phi) is 3.01. The predicted molar refractivity (Wildman–Crippen MR) is 78.5 cm³/mol. The van der Waals surface area contributed by atoms with Crippen molar-refractivity contribution in [3.63, 3.8) is 0 Å². The van der Waals surface area contributed by atoms with E-state index in [-0.39, 0.29) is 35.3 Å². The molecule has 1 aliphatic carbocycles. The standard InChI is InChI=1S/C17H22O6/c1-8-12-10(20-9(2)18)7-17(4)11(22-17)5-6-16(3)14(23-16)13(12)21-15(8)19/h10-14H,1,5-7H2,2-4H3/t10-,11-,12-,13+,14-,16-,17-/m1/s1. The lowest BCUT2D eigenvalue weighted by Crippen LogP contribution is -2.40. The average molecular weight is 322 g/mol. The van der Waals surface area contributed by atoms with Crippen LogP contribution in [0.15, 0.2) is 12.2 Å². The zero-order valence-electron chi connectivity index (χ0n) is 13.7. The quantitative estimate of drug-likeness (QED) is 0.414. The minimum absolute atomic E-state index is 0.144. The largest absolute Gasteiger partial charge is 0.462 e. The van der Waals surface area contributed by atoms with E-state index in [9.17, 15) is 9.59 Å². The molecule has 4 aliphatic rings. The van der Waals surface area contributed by atoms with E-state index in [4.69, 9.17) is 18.9 Å². The molecule has 6 heteroatoms. The third kappa shape index (κ3) is 2.31. The summed E-state index contributed by atoms with van der Waals surface area (Å²) in [5.74, 6) is -1.18. The van der Waals surface area contributed by atoms with Crippen molar-refractivity contribution in [3.05, 3.63) is 12.2 Å². The monoisotopic (exact) mass is 322 g/mol. The molecule has 0 aromatic rings. The van der Waals surface area contributed by atoms with E-state index < -0.39 is 18.2 Å². The van der Waals surface area contributed by atoms with Gasteiger partial charge in [-0.3, -0.25) is 4.79 Å². The highest BCUT2D eigenvalue weighted by Gasteiger charge is 2.66. The summed E-state index contributed by atoms with van der Waals surface area (Å²) in [4.78, 5) is 23.6. The summed E-state index contributed by atoms with van der Waals surface area (Å²) >= 11 is 0. The minimum Gasteiger partial charge on any atom is -0.462 e. The first-order valence-corrected chi connectivity index (χ1v) is 8.16. The summed E-state index contributed by atoms with van der Waals surface area (Å²) in [5.41, 5.74) is -0.270. The summed E-state index contributed by atoms with van der Waals surface area (Å²) in [7, 11) is 0. The highest BCUT2D eigenvalue weighted by atomic mass is 16.7. The summed E-state index contributed by atoms with van der Waals surface area (Å²) in [6.45, 7) is 9.31. The number of carbonyl (C=O) groups excluding carboxylic acids is 2. The smallest absolute Gasteiger partial charge is 0.334 e. The second-order valence-corrected chi connectivity index (χ2v) is 7.58. The summed E-state index contributed by atoms with van der Waals surface area (Å²) in [6.07, 6.45) is 1.34. The summed E-state index contributed by atoms with van der Waals surface area (Å²) in [5, 5.41) is 0. The third-order valence-corrected chi connectivity index (χ3v) is 5.76. The van der Waals surface area contributed by atoms with Crippen LogP contribution in [-0.2, 0) is 28.5 Å². The first kappa shape index (κ1) is 15.1. The predicted octanol–water partition coefficient (Wildman–Crippen LogP) is 1.51. The van der Waals surface area contributed by atoms with Gasteiger partial charge in [-0.2, -0.15) is 0 Å². The number of esters is 2. The van der Waals surface area contributed by atoms with Crippen LogP contribution in [-0.4, -0.2) is 47.6 Å². The van der Waals surface area contributed by atoms with Crippen LogP contribution >= 0.6 is 0 Å². The fourth-order valence-corrected chi connectivity index (χ4v) is 4.27. The van der Waals surface area contributed by atoms with Gasteiger partial charge in [0.05, 0.1) is 23.2 Å². The number of hydrogen-bond acceptors (Lipinski definition) is 6. The Morgan fingerprint density at radius 1 is 1.30 bits per heavy atom. The molecule has 7 atom stereocenters. The first-order chi connectivity index (χ1) is 10.7. The molecule has 4 fully saturated rings. The topological polar surface area (TPSA) is 77.7 Å². The number of carbonyl (C=O) groups is 2. The SMILES string of the molecule is C=C1C(=O)O[C@H]2[C@H]1[C@H](OC(C)=O)C[C@@]1(C)O[C@@H]1CC[C@@]1(C)O[C@H]21. The Hall–Kier alpha value is -1.40. The average Bonchev–Trinajstić information content (AvgIpc) is 3.27. The molecule has 126 valence electrons. The molecule has 1 saturated carbocycles. The van der Waals surface area contributed by atoms with Gasteiger partial charge in [0.25, 0.3) is 0 Å². The van der Waals surface area contributed by atoms with E-state index in [1.54, 1.807) is 0 Å². The van der Waals surface area contributed by atoms with Crippen molar-refractivity contribution in [1.82, 2.24) is 0 Å². The Morgan fingerprint density at radius 3 is 2.74 bits per heavy atom. The van der Waals surface area contributed by atoms with Crippen LogP contribution in [0.5, 0.6) is 0 Å². The second kappa shape index (κ2) is 4.57. The van der Waals surface area contributed by atoms with Crippen LogP contribution in [0.3, 0.4) is 0 Å². The highest BCUT2D eigenvalue weighted by molar-refractivity contribution is 5.91. The molecule has 0 aromatic carbocycles. The molecule has 4 rings (SSSR count). The Balaban J connectivity index is 1.69. The molecule has 0 N–H and O–H groups in total. The normalized spacial score (nSPS) is 51.0. The van der Waals surface area contributed by atoms with E-state index in [2.05, 4.69) is 6.58 Å². The van der Waals surface area contributed by atoms with Crippen LogP contribution in [0.25, 0.3) is 0 Å². The van der Waals surface area contributed by atoms with Gasteiger partial charge in [-0.1, -0.05) is 6.58 Å². The molecule has 0 radical (unpaired) electrons. The minimum atomic E-state index is -0.488. The Bertz CT molecular complexity index is 600. The van der Waals surface area contributed by atoms with E-state index in [0.29, 0.717) is 12.0 Å². The van der Waals surface area contributed by atoms with Gasteiger partial charge >= 0.3 is 11.9 Å². The maximum Gasteiger partial charge on any atom is 0.334 e. The van der Waals surface area contributed by atoms with Crippen LogP contribution < -0.4 is 0 Å². The molecule has 0 aromatic heterocycles. The van der Waals surface area contributed by atoms with Crippen molar-refractivity contribution in [2.45, 2.75) is 75.7 Å². The number of rotatable bonds is 1. The van der Waals surface area contributed by atoms with E-state index in [0.717, 1.165) is 12.8 Å². The molecule has 3 heterocycles. The van der Waals surface area contributed by atoms with Crippen LogP contribution in [0.1, 0.15) is 40.0 Å². The molecule has 0 spiro atoms. The van der Waals surface area contributed by atoms with Crippen molar-refractivity contribution in [2.75, 3.05) is 0 Å². The maximum absolute atomic E-state index is 12.1. The number of fused-ring (bicyclic) bond motifs is 4. The van der Waals surface area contributed by atoms with Gasteiger partial charge in [0.2, 0.25) is 0 Å². The summed E-state index contributed by atoms with van der Waals surface area (Å²) in [6, 6.07) is 0. The van der Waals surface area contributed by atoms with Crippen LogP contribution in [0.4, 0.5) is 0 Å². The maximum atomic E-state index is 12.1. The summed E-state index contributed by atoms with van der Waals surface area (Å²) < 4.78 is 22.8. The van der Waals surface area contributed by atoms with Gasteiger partial charge in [-0.15, -0.1) is 0 Å². The molecule has 0 unspecified atom stereocenters. The van der Waals surface area contributed by atoms with Gasteiger partial charge in [0, 0.05) is 18.9 Å². The lowest BCUT2D eigenvalue weighted by Gasteiger charge is -2.28. The van der Waals surface area contributed by atoms with Gasteiger partial charge in [0.15, 0.2) is 0 Å². The number of hydrogen-bond donors (Lipinski definition) is 0. The van der Waals surface area contributed by atoms with Crippen LogP contribution in [0, 0.1) is 5.92 Å². The van der Waals surface area contributed by atoms with Gasteiger partial charge in [-0.25, -0.2) is 4.79 Å². The van der Waals surface area contributed by atoms with Crippen molar-refractivity contribution < 1.29 is 28.5 Å². The molecule has 6 nitrogen and oxygen atoms in total. The Labute approximate surface area is 135 Å². The highest BCUT2D eigenvalue weighted by Crippen LogP contribution is 2.54. The molecular formula is C17H22O6. The molecular weight excluding hydrogens is 300 g/mol. The van der Waals surface area contributed by atoms with Gasteiger partial charge in [-0.05, 0) is 26.7 Å². The van der Waals surface area contributed by atoms with Crippen molar-refractivity contribution in [2.24, 2.45) is 5.92 Å². The van der Waals surface area contributed by atoms with E-state index in [1.807, 2.05) is 13.8 Å². The zero-order valence-corrected chi connectivity index (χ0v) is 13.7. The lowest BCUT2D eigenvalue weighted by molar-refractivity contribution is -0.151. The molecule has 23 heavy (non-hydrogen) atoms. The third-order valence-electron chi connectivity index (χ3n) is 5.76. The zero-order chi connectivity index (χ0) is 16.6. The first-order valence-electron chi connectivity index (χ1n) is 8.16. The molecule has 0 bridgehead atoms. The fraction of sp³-hybridized carbons (Fsp3) is 0.765. The van der Waals surface area contributed by atoms with E-state index in [1.165, 1.54) is 6.92 Å². The number of epoxide rings is 2. The molecule has 3 saturated heterocycles. The fourth-order valence-electron chi connectivity index (χ4n) is 4.27. The van der Waals surface area contributed by atoms with Gasteiger partial charge in [0.1, 0.15) is 18.3 Å². The molecule has 3 aliphatic heterocycles. The van der Waals surface area contributed by atoms with Crippen LogP contribution in [0.2, 0.25) is 0 Å². The Morgan fingerprint density at radius 2 is 2.04 bits per heavy atom. The van der Waals surface area contributed by atoms with E-state index >= 15 is 0 Å². The van der Waals surface area contributed by atoms with Crippen molar-refractivity contribution >= 4 is 11.9 Å². The molecule has 0 amide bonds. The van der Waals surface area contributed by atoms with Crippen molar-refractivity contribution in [3.8, 4) is 0 Å². The van der Waals surface area contributed by atoms with Gasteiger partial charge < -0.3 is 18.9 Å².